The van der Waals surface area contributed by atoms with E-state index < -0.39 is 0 Å². The minimum atomic E-state index is -0.337. The molecule has 1 atom stereocenters. The zero-order valence-corrected chi connectivity index (χ0v) is 15.5. The molecule has 0 saturated heterocycles. The molecule has 2 amide bonds. The fraction of sp³-hybridized carbons (Fsp3) is 0.278. The van der Waals surface area contributed by atoms with Crippen molar-refractivity contribution in [2.75, 3.05) is 11.1 Å². The number of nitrogens with zero attached hydrogens (tertiary/aromatic N) is 1. The van der Waals surface area contributed by atoms with Gasteiger partial charge in [-0.15, -0.1) is 23.1 Å². The van der Waals surface area contributed by atoms with Gasteiger partial charge in [-0.1, -0.05) is 18.2 Å². The molecular weight excluding hydrogens is 354 g/mol. The molecule has 0 spiro atoms. The minimum absolute atomic E-state index is 0.164. The summed E-state index contributed by atoms with van der Waals surface area (Å²) < 4.78 is 0. The summed E-state index contributed by atoms with van der Waals surface area (Å²) >= 11 is 3.04. The number of thiophene rings is 1. The van der Waals surface area contributed by atoms with Gasteiger partial charge < -0.3 is 10.6 Å². The summed E-state index contributed by atoms with van der Waals surface area (Å²) in [6.45, 7) is 1.44. The van der Waals surface area contributed by atoms with Gasteiger partial charge in [-0.05, 0) is 23.6 Å². The molecule has 0 aliphatic heterocycles. The maximum absolute atomic E-state index is 12.5. The second kappa shape index (κ2) is 9.87. The van der Waals surface area contributed by atoms with Crippen LogP contribution in [0.4, 0.5) is 5.69 Å². The van der Waals surface area contributed by atoms with Gasteiger partial charge in [-0.25, -0.2) is 0 Å². The van der Waals surface area contributed by atoms with E-state index in [1.807, 2.05) is 41.8 Å². The smallest absolute Gasteiger partial charge is 0.226 e. The number of thioether (sulfide) groups is 1. The van der Waals surface area contributed by atoms with Crippen LogP contribution in [-0.4, -0.2) is 17.6 Å². The first kappa shape index (κ1) is 19.0. The Kier molecular flexibility index (Phi) is 7.51. The molecule has 7 heteroatoms. The molecule has 1 aromatic carbocycles. The number of rotatable bonds is 8. The molecule has 2 rings (SSSR count). The Balaban J connectivity index is 2.03. The Morgan fingerprint density at radius 2 is 2.08 bits per heavy atom. The van der Waals surface area contributed by atoms with Crippen molar-refractivity contribution >= 4 is 40.6 Å². The summed E-state index contributed by atoms with van der Waals surface area (Å²) in [5.41, 5.74) is 0.725. The molecule has 0 bridgehead atoms. The van der Waals surface area contributed by atoms with Crippen LogP contribution in [0.3, 0.4) is 0 Å². The predicted molar refractivity (Wildman–Crippen MR) is 102 cm³/mol. The number of nitriles is 1. The lowest BCUT2D eigenvalue weighted by Crippen LogP contribution is -2.29. The monoisotopic (exact) mass is 373 g/mol. The highest BCUT2D eigenvalue weighted by Crippen LogP contribution is 2.28. The van der Waals surface area contributed by atoms with E-state index in [0.717, 1.165) is 15.5 Å². The van der Waals surface area contributed by atoms with Crippen LogP contribution >= 0.6 is 23.1 Å². The molecule has 0 fully saturated rings. The van der Waals surface area contributed by atoms with Crippen LogP contribution in [0.2, 0.25) is 0 Å². The highest BCUT2D eigenvalue weighted by Gasteiger charge is 2.18. The largest absolute Gasteiger partial charge is 0.348 e. The molecule has 0 saturated carbocycles. The maximum atomic E-state index is 12.5. The number of para-hydroxylation sites is 1. The number of benzene rings is 1. The molecule has 0 unspecified atom stereocenters. The standard InChI is InChI=1S/C18H19N3O2S2/c1-13(22)20-15(17-8-4-10-24-17)12-18(23)21-14-6-2-3-7-16(14)25-11-5-9-19/h2-4,6-8,10,15H,5,11-12H2,1H3,(H,20,22)(H,21,23)/t15-/m0/s1. The van der Waals surface area contributed by atoms with Gasteiger partial charge in [0.1, 0.15) is 0 Å². The fourth-order valence-electron chi connectivity index (χ4n) is 2.25. The van der Waals surface area contributed by atoms with Crippen LogP contribution < -0.4 is 10.6 Å². The van der Waals surface area contributed by atoms with Crippen molar-refractivity contribution in [2.45, 2.75) is 30.7 Å². The summed E-state index contributed by atoms with van der Waals surface area (Å²) in [6, 6.07) is 13.1. The molecule has 130 valence electrons. The van der Waals surface area contributed by atoms with E-state index in [-0.39, 0.29) is 24.3 Å². The summed E-state index contributed by atoms with van der Waals surface area (Å²) in [7, 11) is 0. The Morgan fingerprint density at radius 3 is 2.76 bits per heavy atom. The summed E-state index contributed by atoms with van der Waals surface area (Å²) in [4.78, 5) is 25.8. The molecule has 1 heterocycles. The average Bonchev–Trinajstić information content (AvgIpc) is 3.10. The Morgan fingerprint density at radius 1 is 1.28 bits per heavy atom. The molecule has 0 radical (unpaired) electrons. The Labute approximate surface area is 155 Å². The molecule has 5 nitrogen and oxygen atoms in total. The van der Waals surface area contributed by atoms with Crippen molar-refractivity contribution in [2.24, 2.45) is 0 Å². The molecule has 2 aromatic rings. The van der Waals surface area contributed by atoms with E-state index in [9.17, 15) is 9.59 Å². The van der Waals surface area contributed by atoms with Crippen LogP contribution in [0.1, 0.15) is 30.7 Å². The number of hydrogen-bond donors (Lipinski definition) is 2. The first-order valence-electron chi connectivity index (χ1n) is 7.79. The molecule has 25 heavy (non-hydrogen) atoms. The van der Waals surface area contributed by atoms with Crippen LogP contribution in [-0.2, 0) is 9.59 Å². The zero-order valence-electron chi connectivity index (χ0n) is 13.8. The quantitative estimate of drug-likeness (QED) is 0.542. The van der Waals surface area contributed by atoms with Gasteiger partial charge in [-0.3, -0.25) is 9.59 Å². The van der Waals surface area contributed by atoms with E-state index in [4.69, 9.17) is 5.26 Å². The van der Waals surface area contributed by atoms with Crippen LogP contribution in [0.25, 0.3) is 0 Å². The molecule has 2 N–H and O–H groups in total. The summed E-state index contributed by atoms with van der Waals surface area (Å²) in [6.07, 6.45) is 0.618. The van der Waals surface area contributed by atoms with Gasteiger partial charge in [0.25, 0.3) is 0 Å². The normalized spacial score (nSPS) is 11.4. The third kappa shape index (κ3) is 6.25. The minimum Gasteiger partial charge on any atom is -0.348 e. The van der Waals surface area contributed by atoms with Crippen molar-refractivity contribution in [3.8, 4) is 6.07 Å². The number of carbonyl (C=O) groups excluding carboxylic acids is 2. The first-order valence-corrected chi connectivity index (χ1v) is 9.66. The lowest BCUT2D eigenvalue weighted by molar-refractivity contribution is -0.120. The molecular formula is C18H19N3O2S2. The van der Waals surface area contributed by atoms with E-state index >= 15 is 0 Å². The van der Waals surface area contributed by atoms with Crippen molar-refractivity contribution in [3.63, 3.8) is 0 Å². The number of carbonyl (C=O) groups is 2. The van der Waals surface area contributed by atoms with Crippen LogP contribution in [0, 0.1) is 11.3 Å². The fourth-order valence-corrected chi connectivity index (χ4v) is 3.89. The Hall–Kier alpha value is -2.30. The average molecular weight is 374 g/mol. The van der Waals surface area contributed by atoms with Crippen molar-refractivity contribution < 1.29 is 9.59 Å². The number of amides is 2. The zero-order chi connectivity index (χ0) is 18.1. The van der Waals surface area contributed by atoms with E-state index in [0.29, 0.717) is 12.2 Å². The third-order valence-corrected chi connectivity index (χ3v) is 5.35. The maximum Gasteiger partial charge on any atom is 0.226 e. The second-order valence-electron chi connectivity index (χ2n) is 5.27. The number of nitrogens with one attached hydrogen (secondary N) is 2. The lowest BCUT2D eigenvalue weighted by Gasteiger charge is -2.17. The van der Waals surface area contributed by atoms with E-state index in [1.54, 1.807) is 0 Å². The molecule has 1 aromatic heterocycles. The van der Waals surface area contributed by atoms with Crippen molar-refractivity contribution in [1.29, 1.82) is 5.26 Å². The van der Waals surface area contributed by atoms with Gasteiger partial charge >= 0.3 is 0 Å². The first-order chi connectivity index (χ1) is 12.1. The summed E-state index contributed by atoms with van der Waals surface area (Å²) in [5, 5.41) is 16.3. The van der Waals surface area contributed by atoms with E-state index in [2.05, 4.69) is 16.7 Å². The summed E-state index contributed by atoms with van der Waals surface area (Å²) in [5.74, 6) is 0.340. The molecule has 0 aliphatic carbocycles. The highest BCUT2D eigenvalue weighted by molar-refractivity contribution is 7.99. The van der Waals surface area contributed by atoms with Gasteiger partial charge in [-0.2, -0.15) is 5.26 Å². The van der Waals surface area contributed by atoms with Gasteiger partial charge in [0.05, 0.1) is 24.2 Å². The number of anilines is 1. The van der Waals surface area contributed by atoms with Gasteiger partial charge in [0, 0.05) is 28.9 Å². The van der Waals surface area contributed by atoms with Gasteiger partial charge in [0.15, 0.2) is 0 Å². The topological polar surface area (TPSA) is 82.0 Å². The van der Waals surface area contributed by atoms with Gasteiger partial charge in [0.2, 0.25) is 11.8 Å². The molecule has 0 aliphatic rings. The Bertz CT molecular complexity index is 754. The highest BCUT2D eigenvalue weighted by atomic mass is 32.2. The number of hydrogen-bond acceptors (Lipinski definition) is 5. The SMILES string of the molecule is CC(=O)N[C@@H](CC(=O)Nc1ccccc1SCCC#N)c1cccs1. The van der Waals surface area contributed by atoms with Crippen molar-refractivity contribution in [1.82, 2.24) is 5.32 Å². The predicted octanol–water partition coefficient (Wildman–Crippen LogP) is 3.96. The van der Waals surface area contributed by atoms with Crippen molar-refractivity contribution in [3.05, 3.63) is 46.7 Å². The van der Waals surface area contributed by atoms with Crippen LogP contribution in [0.15, 0.2) is 46.7 Å². The van der Waals surface area contributed by atoms with Crippen LogP contribution in [0.5, 0.6) is 0 Å². The van der Waals surface area contributed by atoms with E-state index in [1.165, 1.54) is 30.0 Å². The third-order valence-electron chi connectivity index (χ3n) is 3.29. The lowest BCUT2D eigenvalue weighted by atomic mass is 10.1. The second-order valence-corrected chi connectivity index (χ2v) is 7.39.